The molecule has 0 saturated carbocycles. The number of carbonyl (C=O) groups excluding carboxylic acids is 1. The number of rotatable bonds is 6. The van der Waals surface area contributed by atoms with Crippen LogP contribution < -0.4 is 15.4 Å². The van der Waals surface area contributed by atoms with E-state index in [1.165, 1.54) is 12.1 Å². The maximum atomic E-state index is 13.1. The van der Waals surface area contributed by atoms with E-state index in [9.17, 15) is 9.18 Å². The van der Waals surface area contributed by atoms with Crippen LogP contribution in [0.5, 0.6) is 5.75 Å². The first-order valence-electron chi connectivity index (χ1n) is 7.12. The summed E-state index contributed by atoms with van der Waals surface area (Å²) in [6.07, 6.45) is 2.51. The number of carbonyl (C=O) groups is 1. The van der Waals surface area contributed by atoms with Crippen LogP contribution in [0.3, 0.4) is 0 Å². The summed E-state index contributed by atoms with van der Waals surface area (Å²) in [5, 5.41) is 6.04. The van der Waals surface area contributed by atoms with E-state index >= 15 is 0 Å². The lowest BCUT2D eigenvalue weighted by atomic mass is 10.2. The van der Waals surface area contributed by atoms with E-state index in [-0.39, 0.29) is 36.3 Å². The molecule has 6 heteroatoms. The molecule has 1 heterocycles. The Morgan fingerprint density at radius 3 is 3.00 bits per heavy atom. The zero-order valence-electron chi connectivity index (χ0n) is 12.1. The molecule has 0 aromatic heterocycles. The van der Waals surface area contributed by atoms with Crippen LogP contribution in [0.1, 0.15) is 26.2 Å². The third-order valence-corrected chi connectivity index (χ3v) is 3.43. The van der Waals surface area contributed by atoms with Crippen molar-refractivity contribution in [1.29, 1.82) is 0 Å². The summed E-state index contributed by atoms with van der Waals surface area (Å²) in [6, 6.07) is 5.97. The van der Waals surface area contributed by atoms with Gasteiger partial charge in [-0.05, 0) is 37.9 Å². The molecule has 1 aliphatic heterocycles. The average Bonchev–Trinajstić information content (AvgIpc) is 2.97. The highest BCUT2D eigenvalue weighted by atomic mass is 35.5. The molecular formula is C15H22ClFN2O2. The maximum Gasteiger partial charge on any atom is 0.237 e. The number of halogens is 2. The molecule has 1 aliphatic rings. The van der Waals surface area contributed by atoms with E-state index in [0.29, 0.717) is 12.3 Å². The number of amides is 1. The van der Waals surface area contributed by atoms with Gasteiger partial charge in [0.15, 0.2) is 0 Å². The molecule has 1 fully saturated rings. The van der Waals surface area contributed by atoms with Crippen LogP contribution in [0.25, 0.3) is 0 Å². The SMILES string of the molecule is CCC(CNC(=O)C1CCCN1)Oc1cccc(F)c1.Cl. The number of nitrogens with one attached hydrogen (secondary N) is 2. The highest BCUT2D eigenvalue weighted by Gasteiger charge is 2.22. The van der Waals surface area contributed by atoms with Gasteiger partial charge in [-0.3, -0.25) is 4.79 Å². The highest BCUT2D eigenvalue weighted by Crippen LogP contribution is 2.15. The molecule has 0 spiro atoms. The molecule has 1 saturated heterocycles. The van der Waals surface area contributed by atoms with Crippen molar-refractivity contribution in [2.75, 3.05) is 13.1 Å². The molecule has 0 aliphatic carbocycles. The summed E-state index contributed by atoms with van der Waals surface area (Å²) in [5.74, 6) is 0.186. The Balaban J connectivity index is 0.00000220. The van der Waals surface area contributed by atoms with E-state index in [2.05, 4.69) is 10.6 Å². The van der Waals surface area contributed by atoms with Crippen molar-refractivity contribution in [3.63, 3.8) is 0 Å². The van der Waals surface area contributed by atoms with Gasteiger partial charge in [-0.15, -0.1) is 12.4 Å². The number of ether oxygens (including phenoxy) is 1. The molecule has 1 aromatic carbocycles. The highest BCUT2D eigenvalue weighted by molar-refractivity contribution is 5.85. The molecule has 2 rings (SSSR count). The van der Waals surface area contributed by atoms with Crippen molar-refractivity contribution in [2.24, 2.45) is 0 Å². The van der Waals surface area contributed by atoms with Crippen LogP contribution in [0, 0.1) is 5.82 Å². The minimum atomic E-state index is -0.323. The second-order valence-electron chi connectivity index (χ2n) is 5.00. The summed E-state index contributed by atoms with van der Waals surface area (Å²) in [7, 11) is 0. The zero-order valence-corrected chi connectivity index (χ0v) is 12.9. The summed E-state index contributed by atoms with van der Waals surface area (Å²) in [5.41, 5.74) is 0. The van der Waals surface area contributed by atoms with Crippen LogP contribution in [-0.2, 0) is 4.79 Å². The minimum absolute atomic E-state index is 0. The molecular weight excluding hydrogens is 295 g/mol. The first-order valence-corrected chi connectivity index (χ1v) is 7.12. The Bertz CT molecular complexity index is 453. The maximum absolute atomic E-state index is 13.1. The fourth-order valence-electron chi connectivity index (χ4n) is 2.25. The van der Waals surface area contributed by atoms with Crippen LogP contribution in [-0.4, -0.2) is 31.1 Å². The first kappa shape index (κ1) is 17.7. The lowest BCUT2D eigenvalue weighted by Crippen LogP contribution is -2.44. The summed E-state index contributed by atoms with van der Waals surface area (Å²) >= 11 is 0. The van der Waals surface area contributed by atoms with Crippen LogP contribution in [0.15, 0.2) is 24.3 Å². The number of hydrogen-bond donors (Lipinski definition) is 2. The van der Waals surface area contributed by atoms with Crippen molar-refractivity contribution >= 4 is 18.3 Å². The van der Waals surface area contributed by atoms with E-state index in [0.717, 1.165) is 25.8 Å². The smallest absolute Gasteiger partial charge is 0.237 e. The third kappa shape index (κ3) is 5.52. The van der Waals surface area contributed by atoms with Crippen molar-refractivity contribution in [3.8, 4) is 5.75 Å². The van der Waals surface area contributed by atoms with Crippen molar-refractivity contribution in [3.05, 3.63) is 30.1 Å². The number of benzene rings is 1. The van der Waals surface area contributed by atoms with E-state index in [1.807, 2.05) is 6.92 Å². The molecule has 2 unspecified atom stereocenters. The van der Waals surface area contributed by atoms with E-state index in [1.54, 1.807) is 12.1 Å². The van der Waals surface area contributed by atoms with Crippen molar-refractivity contribution in [2.45, 2.75) is 38.3 Å². The van der Waals surface area contributed by atoms with Crippen molar-refractivity contribution < 1.29 is 13.9 Å². The fourth-order valence-corrected chi connectivity index (χ4v) is 2.25. The Morgan fingerprint density at radius 2 is 2.38 bits per heavy atom. The van der Waals surface area contributed by atoms with Gasteiger partial charge < -0.3 is 15.4 Å². The molecule has 0 bridgehead atoms. The molecule has 118 valence electrons. The largest absolute Gasteiger partial charge is 0.489 e. The van der Waals surface area contributed by atoms with Crippen LogP contribution >= 0.6 is 12.4 Å². The third-order valence-electron chi connectivity index (χ3n) is 3.43. The van der Waals surface area contributed by atoms with Gasteiger partial charge in [-0.1, -0.05) is 13.0 Å². The Hall–Kier alpha value is -1.33. The molecule has 2 atom stereocenters. The van der Waals surface area contributed by atoms with Gasteiger partial charge in [0.1, 0.15) is 17.7 Å². The second-order valence-corrected chi connectivity index (χ2v) is 5.00. The first-order chi connectivity index (χ1) is 9.69. The Morgan fingerprint density at radius 1 is 1.57 bits per heavy atom. The van der Waals surface area contributed by atoms with Gasteiger partial charge in [0.2, 0.25) is 5.91 Å². The minimum Gasteiger partial charge on any atom is -0.489 e. The van der Waals surface area contributed by atoms with Gasteiger partial charge in [-0.2, -0.15) is 0 Å². The lowest BCUT2D eigenvalue weighted by Gasteiger charge is -2.19. The van der Waals surface area contributed by atoms with Gasteiger partial charge in [0, 0.05) is 6.07 Å². The molecule has 1 aromatic rings. The van der Waals surface area contributed by atoms with Gasteiger partial charge >= 0.3 is 0 Å². The van der Waals surface area contributed by atoms with E-state index in [4.69, 9.17) is 4.74 Å². The predicted molar refractivity (Wildman–Crippen MR) is 82.4 cm³/mol. The van der Waals surface area contributed by atoms with Crippen LogP contribution in [0.2, 0.25) is 0 Å². The number of hydrogen-bond acceptors (Lipinski definition) is 3. The topological polar surface area (TPSA) is 50.4 Å². The van der Waals surface area contributed by atoms with Gasteiger partial charge in [-0.25, -0.2) is 4.39 Å². The molecule has 1 amide bonds. The lowest BCUT2D eigenvalue weighted by molar-refractivity contribution is -0.123. The summed E-state index contributed by atoms with van der Waals surface area (Å²) < 4.78 is 18.8. The van der Waals surface area contributed by atoms with Gasteiger partial charge in [0.25, 0.3) is 0 Å². The fraction of sp³-hybridized carbons (Fsp3) is 0.533. The Labute approximate surface area is 130 Å². The molecule has 4 nitrogen and oxygen atoms in total. The second kappa shape index (κ2) is 8.85. The standard InChI is InChI=1S/C15H21FN2O2.ClH/c1-2-12(20-13-6-3-5-11(16)9-13)10-18-15(19)14-7-4-8-17-14;/h3,5-6,9,12,14,17H,2,4,7-8,10H2,1H3,(H,18,19);1H. The molecule has 2 N–H and O–H groups in total. The van der Waals surface area contributed by atoms with Crippen molar-refractivity contribution in [1.82, 2.24) is 10.6 Å². The monoisotopic (exact) mass is 316 g/mol. The average molecular weight is 317 g/mol. The summed E-state index contributed by atoms with van der Waals surface area (Å²) in [4.78, 5) is 11.9. The predicted octanol–water partition coefficient (Wildman–Crippen LogP) is 2.27. The zero-order chi connectivity index (χ0) is 14.4. The van der Waals surface area contributed by atoms with Gasteiger partial charge in [0.05, 0.1) is 12.6 Å². The van der Waals surface area contributed by atoms with E-state index < -0.39 is 0 Å². The Kier molecular flexibility index (Phi) is 7.47. The summed E-state index contributed by atoms with van der Waals surface area (Å²) in [6.45, 7) is 3.31. The van der Waals surface area contributed by atoms with Crippen LogP contribution in [0.4, 0.5) is 4.39 Å². The molecule has 0 radical (unpaired) electrons. The molecule has 21 heavy (non-hydrogen) atoms. The normalized spacial score (nSPS) is 18.7. The quantitative estimate of drug-likeness (QED) is 0.846.